The molecule has 0 fully saturated rings. The normalized spacial score (nSPS) is 14.0. The predicted octanol–water partition coefficient (Wildman–Crippen LogP) is -3.00. The van der Waals surface area contributed by atoms with Crippen LogP contribution in [0.4, 0.5) is 0 Å². The predicted molar refractivity (Wildman–Crippen MR) is 91.3 cm³/mol. The number of nitrogens with two attached hydrogens (primary N) is 1. The van der Waals surface area contributed by atoms with E-state index in [9.17, 15) is 24.0 Å². The maximum absolute atomic E-state index is 12.3. The Morgan fingerprint density at radius 1 is 1.00 bits per heavy atom. The zero-order valence-corrected chi connectivity index (χ0v) is 15.1. The summed E-state index contributed by atoms with van der Waals surface area (Å²) in [5.41, 5.74) is 5.28. The first-order valence-electron chi connectivity index (χ1n) is 8.18. The van der Waals surface area contributed by atoms with Gasteiger partial charge in [-0.15, -0.1) is 0 Å². The molecule has 154 valence electrons. The van der Waals surface area contributed by atoms with E-state index in [1.54, 1.807) is 13.8 Å². The highest BCUT2D eigenvalue weighted by Gasteiger charge is 2.29. The third kappa shape index (κ3) is 9.51. The van der Waals surface area contributed by atoms with E-state index in [-0.39, 0.29) is 6.42 Å². The van der Waals surface area contributed by atoms with Gasteiger partial charge in [-0.3, -0.25) is 19.2 Å². The van der Waals surface area contributed by atoms with Gasteiger partial charge in [0.05, 0.1) is 13.2 Å². The highest BCUT2D eigenvalue weighted by atomic mass is 16.4. The van der Waals surface area contributed by atoms with Gasteiger partial charge in [0.1, 0.15) is 18.1 Å². The highest BCUT2D eigenvalue weighted by Crippen LogP contribution is 2.05. The van der Waals surface area contributed by atoms with Crippen LogP contribution in [0.2, 0.25) is 0 Å². The lowest BCUT2D eigenvalue weighted by Crippen LogP contribution is -2.55. The quantitative estimate of drug-likeness (QED) is 0.181. The number of amides is 3. The first-order chi connectivity index (χ1) is 12.5. The fraction of sp³-hybridized carbons (Fsp3) is 0.667. The van der Waals surface area contributed by atoms with Crippen molar-refractivity contribution in [3.8, 4) is 0 Å². The van der Waals surface area contributed by atoms with Crippen molar-refractivity contribution < 1.29 is 39.3 Å². The van der Waals surface area contributed by atoms with E-state index in [1.807, 2.05) is 0 Å². The van der Waals surface area contributed by atoms with E-state index in [0.29, 0.717) is 0 Å². The van der Waals surface area contributed by atoms with E-state index in [0.717, 1.165) is 0 Å². The number of rotatable bonds is 12. The minimum Gasteiger partial charge on any atom is -0.481 e. The van der Waals surface area contributed by atoms with Gasteiger partial charge in [0.15, 0.2) is 0 Å². The molecule has 0 aliphatic heterocycles. The molecule has 0 radical (unpaired) electrons. The molecule has 0 aromatic carbocycles. The Hall–Kier alpha value is -2.73. The molecule has 0 saturated carbocycles. The molecule has 12 nitrogen and oxygen atoms in total. The van der Waals surface area contributed by atoms with Gasteiger partial charge in [-0.1, -0.05) is 13.8 Å². The molecule has 27 heavy (non-hydrogen) atoms. The van der Waals surface area contributed by atoms with Crippen LogP contribution in [-0.4, -0.2) is 76.3 Å². The third-order valence-electron chi connectivity index (χ3n) is 3.48. The molecule has 12 heteroatoms. The number of hydrogen-bond acceptors (Lipinski definition) is 7. The molecule has 3 amide bonds. The molecule has 0 bridgehead atoms. The standard InChI is InChI=1S/C15H26N4O8/c1-7(2)12(19-10(21)5-17-13(24)8(16)6-20)14(25)18-9(15(26)27)3-4-11(22)23/h7-9,12,20H,3-6,16H2,1-2H3,(H,17,24)(H,18,25)(H,19,21)(H,22,23)(H,26,27). The van der Waals surface area contributed by atoms with Crippen molar-refractivity contribution in [2.45, 2.75) is 44.8 Å². The number of aliphatic hydroxyl groups excluding tert-OH is 1. The Bertz CT molecular complexity index is 566. The zero-order chi connectivity index (χ0) is 21.1. The summed E-state index contributed by atoms with van der Waals surface area (Å²) in [6.45, 7) is 2.12. The Labute approximate surface area is 155 Å². The van der Waals surface area contributed by atoms with E-state index in [1.165, 1.54) is 0 Å². The van der Waals surface area contributed by atoms with Crippen LogP contribution in [0.3, 0.4) is 0 Å². The molecule has 0 aromatic rings. The molecular weight excluding hydrogens is 364 g/mol. The lowest BCUT2D eigenvalue weighted by Gasteiger charge is -2.24. The molecule has 0 rings (SSSR count). The van der Waals surface area contributed by atoms with Gasteiger partial charge in [0.25, 0.3) is 0 Å². The van der Waals surface area contributed by atoms with Gasteiger partial charge in [0.2, 0.25) is 17.7 Å². The van der Waals surface area contributed by atoms with Gasteiger partial charge >= 0.3 is 11.9 Å². The van der Waals surface area contributed by atoms with Crippen LogP contribution in [-0.2, 0) is 24.0 Å². The lowest BCUT2D eigenvalue weighted by atomic mass is 10.0. The fourth-order valence-corrected chi connectivity index (χ4v) is 1.93. The third-order valence-corrected chi connectivity index (χ3v) is 3.48. The molecule has 0 aliphatic rings. The number of carbonyl (C=O) groups is 5. The molecular formula is C15H26N4O8. The maximum atomic E-state index is 12.3. The van der Waals surface area contributed by atoms with Gasteiger partial charge in [-0.05, 0) is 12.3 Å². The van der Waals surface area contributed by atoms with Crippen LogP contribution < -0.4 is 21.7 Å². The average Bonchev–Trinajstić information content (AvgIpc) is 2.59. The zero-order valence-electron chi connectivity index (χ0n) is 15.1. The molecule has 0 heterocycles. The molecule has 0 saturated heterocycles. The number of carbonyl (C=O) groups excluding carboxylic acids is 3. The Morgan fingerprint density at radius 3 is 2.04 bits per heavy atom. The van der Waals surface area contributed by atoms with Crippen LogP contribution in [0, 0.1) is 5.92 Å². The summed E-state index contributed by atoms with van der Waals surface area (Å²) in [4.78, 5) is 57.3. The second kappa shape index (κ2) is 11.8. The number of nitrogens with one attached hydrogen (secondary N) is 3. The second-order valence-electron chi connectivity index (χ2n) is 6.13. The molecule has 8 N–H and O–H groups in total. The SMILES string of the molecule is CC(C)C(NC(=O)CNC(=O)C(N)CO)C(=O)NC(CCC(=O)O)C(=O)O. The van der Waals surface area contributed by atoms with Crippen molar-refractivity contribution >= 4 is 29.7 Å². The summed E-state index contributed by atoms with van der Waals surface area (Å²) in [6.07, 6.45) is -0.766. The summed E-state index contributed by atoms with van der Waals surface area (Å²) >= 11 is 0. The average molecular weight is 390 g/mol. The first kappa shape index (κ1) is 24.3. The smallest absolute Gasteiger partial charge is 0.326 e. The van der Waals surface area contributed by atoms with E-state index in [2.05, 4.69) is 16.0 Å². The van der Waals surface area contributed by atoms with Crippen LogP contribution in [0.5, 0.6) is 0 Å². The highest BCUT2D eigenvalue weighted by molar-refractivity contribution is 5.92. The Morgan fingerprint density at radius 2 is 1.59 bits per heavy atom. The summed E-state index contributed by atoms with van der Waals surface area (Å²) in [6, 6.07) is -3.71. The summed E-state index contributed by atoms with van der Waals surface area (Å²) < 4.78 is 0. The lowest BCUT2D eigenvalue weighted by molar-refractivity contribution is -0.143. The van der Waals surface area contributed by atoms with Crippen molar-refractivity contribution in [3.05, 3.63) is 0 Å². The number of aliphatic carboxylic acids is 2. The number of carboxylic acids is 2. The van der Waals surface area contributed by atoms with E-state index in [4.69, 9.17) is 21.1 Å². The maximum Gasteiger partial charge on any atom is 0.326 e. The minimum absolute atomic E-state index is 0.315. The monoisotopic (exact) mass is 390 g/mol. The van der Waals surface area contributed by atoms with E-state index >= 15 is 0 Å². The molecule has 0 aromatic heterocycles. The topological polar surface area (TPSA) is 208 Å². The number of hydrogen-bond donors (Lipinski definition) is 7. The molecule has 0 spiro atoms. The second-order valence-corrected chi connectivity index (χ2v) is 6.13. The van der Waals surface area contributed by atoms with Crippen LogP contribution in [0.25, 0.3) is 0 Å². The van der Waals surface area contributed by atoms with Crippen LogP contribution in [0.15, 0.2) is 0 Å². The minimum atomic E-state index is -1.42. The van der Waals surface area contributed by atoms with Crippen molar-refractivity contribution in [2.24, 2.45) is 11.7 Å². The van der Waals surface area contributed by atoms with E-state index < -0.39 is 73.3 Å². The summed E-state index contributed by atoms with van der Waals surface area (Å²) in [5, 5.41) is 33.2. The molecule has 0 aliphatic carbocycles. The van der Waals surface area contributed by atoms with Gasteiger partial charge < -0.3 is 37.0 Å². The number of aliphatic hydroxyl groups is 1. The van der Waals surface area contributed by atoms with Crippen molar-refractivity contribution in [1.82, 2.24) is 16.0 Å². The molecule has 3 unspecified atom stereocenters. The Balaban J connectivity index is 4.82. The first-order valence-corrected chi connectivity index (χ1v) is 8.18. The number of carboxylic acid groups (broad SMARTS) is 2. The molecule has 3 atom stereocenters. The van der Waals surface area contributed by atoms with Crippen molar-refractivity contribution in [2.75, 3.05) is 13.2 Å². The summed E-state index contributed by atoms with van der Waals surface area (Å²) in [7, 11) is 0. The largest absolute Gasteiger partial charge is 0.481 e. The van der Waals surface area contributed by atoms with Gasteiger partial charge in [-0.2, -0.15) is 0 Å². The Kier molecular flexibility index (Phi) is 10.6. The van der Waals surface area contributed by atoms with Gasteiger partial charge in [-0.25, -0.2) is 4.79 Å². The van der Waals surface area contributed by atoms with Crippen LogP contribution >= 0.6 is 0 Å². The van der Waals surface area contributed by atoms with Crippen molar-refractivity contribution in [3.63, 3.8) is 0 Å². The fourth-order valence-electron chi connectivity index (χ4n) is 1.93. The van der Waals surface area contributed by atoms with Crippen molar-refractivity contribution in [1.29, 1.82) is 0 Å². The van der Waals surface area contributed by atoms with Gasteiger partial charge in [0, 0.05) is 6.42 Å². The van der Waals surface area contributed by atoms with Crippen LogP contribution in [0.1, 0.15) is 26.7 Å². The summed E-state index contributed by atoms with van der Waals surface area (Å²) in [5.74, 6) is -5.30.